The van der Waals surface area contributed by atoms with E-state index in [1.54, 1.807) is 37.3 Å². The molecule has 4 heteroatoms. The van der Waals surface area contributed by atoms with Crippen LogP contribution >= 0.6 is 0 Å². The van der Waals surface area contributed by atoms with Crippen LogP contribution in [0, 0.1) is 0 Å². The smallest absolute Gasteiger partial charge is 0.196 e. The van der Waals surface area contributed by atoms with Gasteiger partial charge in [-0.15, -0.1) is 0 Å². The lowest BCUT2D eigenvalue weighted by Crippen LogP contribution is -2.44. The number of aliphatic hydroxyl groups excluding tert-OH is 2. The number of carbonyl (C=O) groups is 1. The van der Waals surface area contributed by atoms with Crippen LogP contribution in [0.4, 0.5) is 0 Å². The molecule has 0 aliphatic heterocycles. The molecule has 0 aliphatic rings. The Morgan fingerprint density at radius 2 is 1.94 bits per heavy atom. The molecule has 0 bridgehead atoms. The fraction of sp³-hybridized carbons (Fsp3) is 0.417. The molecule has 88 valence electrons. The number of rotatable bonds is 6. The molecule has 0 fully saturated rings. The van der Waals surface area contributed by atoms with E-state index in [4.69, 9.17) is 9.84 Å². The van der Waals surface area contributed by atoms with Gasteiger partial charge in [0.25, 0.3) is 0 Å². The highest BCUT2D eigenvalue weighted by Gasteiger charge is 2.39. The lowest BCUT2D eigenvalue weighted by atomic mass is 9.90. The van der Waals surface area contributed by atoms with Crippen molar-refractivity contribution in [2.75, 3.05) is 19.8 Å². The summed E-state index contributed by atoms with van der Waals surface area (Å²) in [5.41, 5.74) is -0.886. The van der Waals surface area contributed by atoms with E-state index in [9.17, 15) is 9.90 Å². The summed E-state index contributed by atoms with van der Waals surface area (Å²) in [5.74, 6) is -0.539. The summed E-state index contributed by atoms with van der Waals surface area (Å²) in [4.78, 5) is 11.7. The van der Waals surface area contributed by atoms with Crippen molar-refractivity contribution in [3.63, 3.8) is 0 Å². The van der Waals surface area contributed by atoms with Crippen LogP contribution in [0.1, 0.15) is 12.5 Å². The van der Waals surface area contributed by atoms with E-state index in [0.717, 1.165) is 0 Å². The van der Waals surface area contributed by atoms with Gasteiger partial charge in [-0.05, 0) is 12.5 Å². The molecule has 1 atom stereocenters. The van der Waals surface area contributed by atoms with Crippen LogP contribution in [0.25, 0.3) is 0 Å². The van der Waals surface area contributed by atoms with E-state index in [0.29, 0.717) is 5.56 Å². The Morgan fingerprint density at radius 3 is 2.38 bits per heavy atom. The number of ketones is 1. The van der Waals surface area contributed by atoms with Gasteiger partial charge in [0, 0.05) is 6.61 Å². The number of benzene rings is 1. The molecule has 1 unspecified atom stereocenters. The summed E-state index contributed by atoms with van der Waals surface area (Å²) in [5, 5.41) is 18.4. The Labute approximate surface area is 94.5 Å². The van der Waals surface area contributed by atoms with E-state index in [1.807, 2.05) is 0 Å². The maximum Gasteiger partial charge on any atom is 0.196 e. The maximum absolute atomic E-state index is 11.7. The summed E-state index contributed by atoms with van der Waals surface area (Å²) >= 11 is 0. The van der Waals surface area contributed by atoms with Crippen LogP contribution in [0.15, 0.2) is 30.3 Å². The number of hydrogen-bond donors (Lipinski definition) is 2. The molecule has 0 radical (unpaired) electrons. The SMILES string of the molecule is CCOC(CO)(C(=O)CO)c1ccccc1. The van der Waals surface area contributed by atoms with Crippen molar-refractivity contribution in [3.8, 4) is 0 Å². The highest BCUT2D eigenvalue weighted by molar-refractivity contribution is 5.89. The van der Waals surface area contributed by atoms with Crippen LogP contribution in [-0.4, -0.2) is 35.8 Å². The highest BCUT2D eigenvalue weighted by Crippen LogP contribution is 2.26. The van der Waals surface area contributed by atoms with Crippen LogP contribution in [0.3, 0.4) is 0 Å². The quantitative estimate of drug-likeness (QED) is 0.737. The molecule has 2 N–H and O–H groups in total. The van der Waals surface area contributed by atoms with Gasteiger partial charge in [0.15, 0.2) is 11.4 Å². The average molecular weight is 224 g/mol. The topological polar surface area (TPSA) is 66.8 Å². The Balaban J connectivity index is 3.17. The normalized spacial score (nSPS) is 14.4. The first kappa shape index (κ1) is 12.8. The van der Waals surface area contributed by atoms with Gasteiger partial charge in [-0.2, -0.15) is 0 Å². The van der Waals surface area contributed by atoms with Crippen LogP contribution in [-0.2, 0) is 15.1 Å². The minimum atomic E-state index is -1.44. The number of carbonyl (C=O) groups excluding carboxylic acids is 1. The van der Waals surface area contributed by atoms with Gasteiger partial charge in [0.2, 0.25) is 0 Å². The van der Waals surface area contributed by atoms with Crippen molar-refractivity contribution < 1.29 is 19.7 Å². The fourth-order valence-electron chi connectivity index (χ4n) is 1.63. The van der Waals surface area contributed by atoms with E-state index in [-0.39, 0.29) is 6.61 Å². The summed E-state index contributed by atoms with van der Waals surface area (Å²) in [7, 11) is 0. The molecule has 0 aliphatic carbocycles. The van der Waals surface area contributed by atoms with Gasteiger partial charge in [-0.1, -0.05) is 30.3 Å². The van der Waals surface area contributed by atoms with Crippen LogP contribution in [0.2, 0.25) is 0 Å². The molecule has 0 aromatic heterocycles. The van der Waals surface area contributed by atoms with Crippen LogP contribution < -0.4 is 0 Å². The standard InChI is InChI=1S/C12H16O4/c1-2-16-12(9-14,11(15)8-13)10-6-4-3-5-7-10/h3-7,13-14H,2,8-9H2,1H3. The predicted molar refractivity (Wildman–Crippen MR) is 58.9 cm³/mol. The zero-order valence-corrected chi connectivity index (χ0v) is 9.22. The van der Waals surface area contributed by atoms with Gasteiger partial charge in [-0.25, -0.2) is 0 Å². The summed E-state index contributed by atoms with van der Waals surface area (Å²) in [6.07, 6.45) is 0. The molecule has 0 saturated carbocycles. The zero-order chi connectivity index (χ0) is 12.0. The number of ether oxygens (including phenoxy) is 1. The maximum atomic E-state index is 11.7. The largest absolute Gasteiger partial charge is 0.393 e. The number of hydrogen-bond acceptors (Lipinski definition) is 4. The van der Waals surface area contributed by atoms with Crippen molar-refractivity contribution in [1.82, 2.24) is 0 Å². The van der Waals surface area contributed by atoms with Crippen molar-refractivity contribution in [3.05, 3.63) is 35.9 Å². The van der Waals surface area contributed by atoms with Gasteiger partial charge < -0.3 is 14.9 Å². The van der Waals surface area contributed by atoms with Crippen molar-refractivity contribution >= 4 is 5.78 Å². The Hall–Kier alpha value is -1.23. The first-order valence-electron chi connectivity index (χ1n) is 5.15. The molecule has 1 aromatic rings. The fourth-order valence-corrected chi connectivity index (χ4v) is 1.63. The molecule has 1 aromatic carbocycles. The summed E-state index contributed by atoms with van der Waals surface area (Å²) in [6.45, 7) is 0.874. The lowest BCUT2D eigenvalue weighted by Gasteiger charge is -2.30. The number of Topliss-reactive ketones (excluding diaryl/α,β-unsaturated/α-hetero) is 1. The van der Waals surface area contributed by atoms with Crippen molar-refractivity contribution in [2.24, 2.45) is 0 Å². The molecule has 0 saturated heterocycles. The Bertz CT molecular complexity index is 336. The van der Waals surface area contributed by atoms with E-state index in [1.165, 1.54) is 0 Å². The molecule has 1 rings (SSSR count). The molecular formula is C12H16O4. The van der Waals surface area contributed by atoms with Crippen molar-refractivity contribution in [2.45, 2.75) is 12.5 Å². The lowest BCUT2D eigenvalue weighted by molar-refractivity contribution is -0.155. The molecule has 0 heterocycles. The third kappa shape index (κ3) is 2.29. The van der Waals surface area contributed by atoms with Crippen molar-refractivity contribution in [1.29, 1.82) is 0 Å². The molecule has 0 spiro atoms. The zero-order valence-electron chi connectivity index (χ0n) is 9.22. The van der Waals surface area contributed by atoms with Gasteiger partial charge in [-0.3, -0.25) is 4.79 Å². The Kier molecular flexibility index (Phi) is 4.61. The monoisotopic (exact) mass is 224 g/mol. The second-order valence-electron chi connectivity index (χ2n) is 3.37. The summed E-state index contributed by atoms with van der Waals surface area (Å²) < 4.78 is 5.36. The second-order valence-corrected chi connectivity index (χ2v) is 3.37. The predicted octanol–water partition coefficient (Wildman–Crippen LogP) is 0.472. The summed E-state index contributed by atoms with van der Waals surface area (Å²) in [6, 6.07) is 8.70. The first-order valence-corrected chi connectivity index (χ1v) is 5.15. The van der Waals surface area contributed by atoms with E-state index >= 15 is 0 Å². The van der Waals surface area contributed by atoms with E-state index < -0.39 is 24.6 Å². The molecule has 16 heavy (non-hydrogen) atoms. The van der Waals surface area contributed by atoms with Gasteiger partial charge in [0.05, 0.1) is 6.61 Å². The number of aliphatic hydroxyl groups is 2. The minimum Gasteiger partial charge on any atom is -0.393 e. The first-order chi connectivity index (χ1) is 7.71. The highest BCUT2D eigenvalue weighted by atomic mass is 16.5. The molecule has 4 nitrogen and oxygen atoms in total. The molecular weight excluding hydrogens is 208 g/mol. The average Bonchev–Trinajstić information content (AvgIpc) is 2.36. The van der Waals surface area contributed by atoms with Gasteiger partial charge in [0.1, 0.15) is 6.61 Å². The molecule has 0 amide bonds. The Morgan fingerprint density at radius 1 is 1.31 bits per heavy atom. The second kappa shape index (κ2) is 5.75. The minimum absolute atomic E-state index is 0.279. The third-order valence-electron chi connectivity index (χ3n) is 2.45. The third-order valence-corrected chi connectivity index (χ3v) is 2.45. The van der Waals surface area contributed by atoms with Gasteiger partial charge >= 0.3 is 0 Å². The van der Waals surface area contributed by atoms with E-state index in [2.05, 4.69) is 0 Å². The van der Waals surface area contributed by atoms with Crippen LogP contribution in [0.5, 0.6) is 0 Å².